The van der Waals surface area contributed by atoms with E-state index in [1.165, 1.54) is 11.3 Å². The van der Waals surface area contributed by atoms with Gasteiger partial charge in [0.1, 0.15) is 10.8 Å². The summed E-state index contributed by atoms with van der Waals surface area (Å²) in [5.41, 5.74) is 2.88. The molecule has 0 amide bonds. The lowest BCUT2D eigenvalue weighted by molar-refractivity contribution is 0.0697. The molecule has 2 aromatic carbocycles. The van der Waals surface area contributed by atoms with Crippen molar-refractivity contribution < 1.29 is 14.6 Å². The van der Waals surface area contributed by atoms with Crippen molar-refractivity contribution in [1.29, 1.82) is 0 Å². The van der Waals surface area contributed by atoms with Gasteiger partial charge in [-0.1, -0.05) is 24.3 Å². The average molecular weight is 311 g/mol. The highest BCUT2D eigenvalue weighted by Crippen LogP contribution is 2.30. The molecule has 1 N–H and O–H groups in total. The molecule has 0 spiro atoms. The molecule has 22 heavy (non-hydrogen) atoms. The monoisotopic (exact) mass is 311 g/mol. The molecule has 0 atom stereocenters. The van der Waals surface area contributed by atoms with Crippen molar-refractivity contribution >= 4 is 17.3 Å². The maximum Gasteiger partial charge on any atom is 0.335 e. The number of methoxy groups -OCH3 is 1. The smallest absolute Gasteiger partial charge is 0.335 e. The Morgan fingerprint density at radius 2 is 1.91 bits per heavy atom. The molecular weight excluding hydrogens is 298 g/mol. The van der Waals surface area contributed by atoms with Crippen LogP contribution >= 0.6 is 11.3 Å². The van der Waals surface area contributed by atoms with Crippen molar-refractivity contribution in [2.75, 3.05) is 7.11 Å². The third kappa shape index (κ3) is 2.84. The Morgan fingerprint density at radius 1 is 1.14 bits per heavy atom. The lowest BCUT2D eigenvalue weighted by Crippen LogP contribution is -1.95. The first kappa shape index (κ1) is 14.3. The third-order valence-corrected chi connectivity index (χ3v) is 4.12. The highest BCUT2D eigenvalue weighted by atomic mass is 32.1. The summed E-state index contributed by atoms with van der Waals surface area (Å²) in [5.74, 6) is -0.161. The highest BCUT2D eigenvalue weighted by Gasteiger charge is 2.10. The molecule has 3 rings (SSSR count). The predicted molar refractivity (Wildman–Crippen MR) is 86.5 cm³/mol. The van der Waals surface area contributed by atoms with E-state index in [4.69, 9.17) is 9.84 Å². The number of hydrogen-bond acceptors (Lipinski definition) is 4. The number of thiazole rings is 1. The Kier molecular flexibility index (Phi) is 3.89. The van der Waals surface area contributed by atoms with E-state index in [1.807, 2.05) is 35.7 Å². The van der Waals surface area contributed by atoms with Crippen molar-refractivity contribution in [3.05, 3.63) is 59.5 Å². The summed E-state index contributed by atoms with van der Waals surface area (Å²) in [6, 6.07) is 14.5. The Hall–Kier alpha value is -2.66. The number of ether oxygens (including phenoxy) is 1. The maximum absolute atomic E-state index is 11.1. The van der Waals surface area contributed by atoms with Crippen molar-refractivity contribution in [2.24, 2.45) is 0 Å². The summed E-state index contributed by atoms with van der Waals surface area (Å²) in [4.78, 5) is 15.6. The van der Waals surface area contributed by atoms with Crippen LogP contribution in [-0.4, -0.2) is 23.2 Å². The molecule has 0 aliphatic rings. The summed E-state index contributed by atoms with van der Waals surface area (Å²) >= 11 is 1.49. The van der Waals surface area contributed by atoms with Gasteiger partial charge in [-0.15, -0.1) is 11.3 Å². The van der Waals surface area contributed by atoms with Crippen molar-refractivity contribution in [1.82, 2.24) is 4.98 Å². The molecule has 0 saturated carbocycles. The number of hydrogen-bond donors (Lipinski definition) is 1. The lowest BCUT2D eigenvalue weighted by atomic mass is 10.1. The van der Waals surface area contributed by atoms with Gasteiger partial charge in [0.2, 0.25) is 0 Å². The van der Waals surface area contributed by atoms with Crippen LogP contribution in [0.5, 0.6) is 5.75 Å². The standard InChI is InChI=1S/C17H13NO3S/c1-21-14-7-3-4-11(9-14)15-10-22-16(18-15)12-5-2-6-13(8-12)17(19)20/h2-10H,1H3,(H,19,20). The molecule has 110 valence electrons. The van der Waals surface area contributed by atoms with Crippen LogP contribution in [-0.2, 0) is 0 Å². The maximum atomic E-state index is 11.1. The van der Waals surface area contributed by atoms with Crippen molar-refractivity contribution in [2.45, 2.75) is 0 Å². The number of benzene rings is 2. The molecular formula is C17H13NO3S. The Labute approximate surface area is 131 Å². The summed E-state index contributed by atoms with van der Waals surface area (Å²) < 4.78 is 5.22. The van der Waals surface area contributed by atoms with Crippen LogP contribution in [0.4, 0.5) is 0 Å². The zero-order valence-electron chi connectivity index (χ0n) is 11.8. The van der Waals surface area contributed by atoms with E-state index >= 15 is 0 Å². The largest absolute Gasteiger partial charge is 0.497 e. The minimum Gasteiger partial charge on any atom is -0.497 e. The molecule has 1 aromatic heterocycles. The van der Waals surface area contributed by atoms with Gasteiger partial charge in [-0.05, 0) is 24.3 Å². The zero-order chi connectivity index (χ0) is 15.5. The predicted octanol–water partition coefficient (Wildman–Crippen LogP) is 4.18. The quantitative estimate of drug-likeness (QED) is 0.785. The van der Waals surface area contributed by atoms with Gasteiger partial charge >= 0.3 is 5.97 Å². The summed E-state index contributed by atoms with van der Waals surface area (Å²) in [5, 5.41) is 11.8. The van der Waals surface area contributed by atoms with Gasteiger partial charge in [-0.3, -0.25) is 0 Å². The van der Waals surface area contributed by atoms with Crippen LogP contribution < -0.4 is 4.74 Å². The lowest BCUT2D eigenvalue weighted by Gasteiger charge is -2.02. The van der Waals surface area contributed by atoms with Crippen LogP contribution in [0, 0.1) is 0 Å². The Balaban J connectivity index is 1.96. The molecule has 0 aliphatic carbocycles. The van der Waals surface area contributed by atoms with E-state index in [0.29, 0.717) is 0 Å². The fourth-order valence-electron chi connectivity index (χ4n) is 2.11. The summed E-state index contributed by atoms with van der Waals surface area (Å²) in [6.07, 6.45) is 0. The van der Waals surface area contributed by atoms with Gasteiger partial charge < -0.3 is 9.84 Å². The van der Waals surface area contributed by atoms with E-state index < -0.39 is 5.97 Å². The van der Waals surface area contributed by atoms with Crippen molar-refractivity contribution in [3.63, 3.8) is 0 Å². The normalized spacial score (nSPS) is 10.4. The number of nitrogens with zero attached hydrogens (tertiary/aromatic N) is 1. The second-order valence-electron chi connectivity index (χ2n) is 4.66. The van der Waals surface area contributed by atoms with Gasteiger partial charge in [0.05, 0.1) is 18.4 Å². The molecule has 4 nitrogen and oxygen atoms in total. The first-order chi connectivity index (χ1) is 10.7. The zero-order valence-corrected chi connectivity index (χ0v) is 12.6. The molecule has 5 heteroatoms. The number of carboxylic acid groups (broad SMARTS) is 1. The minimum atomic E-state index is -0.938. The van der Waals surface area contributed by atoms with Gasteiger partial charge in [0, 0.05) is 16.5 Å². The highest BCUT2D eigenvalue weighted by molar-refractivity contribution is 7.13. The van der Waals surface area contributed by atoms with Crippen LogP contribution in [0.2, 0.25) is 0 Å². The number of carboxylic acids is 1. The number of carbonyl (C=O) groups is 1. The first-order valence-corrected chi connectivity index (χ1v) is 7.49. The van der Waals surface area contributed by atoms with E-state index in [-0.39, 0.29) is 5.56 Å². The summed E-state index contributed by atoms with van der Waals surface area (Å²) in [6.45, 7) is 0. The molecule has 0 aliphatic heterocycles. The third-order valence-electron chi connectivity index (χ3n) is 3.23. The molecule has 0 unspecified atom stereocenters. The van der Waals surface area contributed by atoms with Crippen LogP contribution in [0.1, 0.15) is 10.4 Å². The number of aromatic nitrogens is 1. The Bertz CT molecular complexity index is 826. The summed E-state index contributed by atoms with van der Waals surface area (Å²) in [7, 11) is 1.63. The SMILES string of the molecule is COc1cccc(-c2csc(-c3cccc(C(=O)O)c3)n2)c1. The second kappa shape index (κ2) is 5.99. The number of rotatable bonds is 4. The Morgan fingerprint density at radius 3 is 2.68 bits per heavy atom. The van der Waals surface area contributed by atoms with Gasteiger partial charge in [-0.2, -0.15) is 0 Å². The topological polar surface area (TPSA) is 59.4 Å². The van der Waals surface area contributed by atoms with Crippen molar-refractivity contribution in [3.8, 4) is 27.6 Å². The molecule has 1 heterocycles. The van der Waals surface area contributed by atoms with E-state index in [0.717, 1.165) is 27.6 Å². The van der Waals surface area contributed by atoms with E-state index in [2.05, 4.69) is 4.98 Å². The van der Waals surface area contributed by atoms with Crippen LogP contribution in [0.15, 0.2) is 53.9 Å². The molecule has 0 saturated heterocycles. The molecule has 0 radical (unpaired) electrons. The minimum absolute atomic E-state index is 0.260. The van der Waals surface area contributed by atoms with Crippen LogP contribution in [0.25, 0.3) is 21.8 Å². The molecule has 3 aromatic rings. The van der Waals surface area contributed by atoms with E-state index in [9.17, 15) is 4.79 Å². The molecule has 0 bridgehead atoms. The van der Waals surface area contributed by atoms with Crippen LogP contribution in [0.3, 0.4) is 0 Å². The fraction of sp³-hybridized carbons (Fsp3) is 0.0588. The van der Waals surface area contributed by atoms with Gasteiger partial charge in [0.15, 0.2) is 0 Å². The average Bonchev–Trinajstić information content (AvgIpc) is 3.05. The molecule has 0 fully saturated rings. The first-order valence-electron chi connectivity index (χ1n) is 6.61. The van der Waals surface area contributed by atoms with Gasteiger partial charge in [0.25, 0.3) is 0 Å². The fourth-order valence-corrected chi connectivity index (χ4v) is 2.93. The number of aromatic carboxylic acids is 1. The second-order valence-corrected chi connectivity index (χ2v) is 5.51. The van der Waals surface area contributed by atoms with E-state index in [1.54, 1.807) is 25.3 Å². The van der Waals surface area contributed by atoms with Gasteiger partial charge in [-0.25, -0.2) is 9.78 Å².